The minimum atomic E-state index is -0.291. The number of halogens is 1. The quantitative estimate of drug-likeness (QED) is 0.767. The summed E-state index contributed by atoms with van der Waals surface area (Å²) >= 11 is 0. The van der Waals surface area contributed by atoms with Gasteiger partial charge >= 0.3 is 6.03 Å². The second kappa shape index (κ2) is 10.1. The molecule has 3 rings (SSSR count). The zero-order valence-corrected chi connectivity index (χ0v) is 16.0. The van der Waals surface area contributed by atoms with E-state index in [-0.39, 0.29) is 17.9 Å². The lowest BCUT2D eigenvalue weighted by Crippen LogP contribution is -2.45. The Bertz CT molecular complexity index is 746. The molecule has 2 N–H and O–H groups in total. The van der Waals surface area contributed by atoms with Crippen LogP contribution in [0.25, 0.3) is 0 Å². The predicted molar refractivity (Wildman–Crippen MR) is 105 cm³/mol. The lowest BCUT2D eigenvalue weighted by molar-refractivity contribution is 0.0167. The molecule has 1 aliphatic rings. The molecule has 0 radical (unpaired) electrons. The normalized spacial score (nSPS) is 15.6. The summed E-state index contributed by atoms with van der Waals surface area (Å²) in [6, 6.07) is 13.8. The largest absolute Gasteiger partial charge is 0.497 e. The minimum Gasteiger partial charge on any atom is -0.497 e. The molecule has 2 aromatic rings. The molecule has 150 valence electrons. The Morgan fingerprint density at radius 2 is 1.79 bits per heavy atom. The van der Waals surface area contributed by atoms with Gasteiger partial charge in [0.25, 0.3) is 0 Å². The van der Waals surface area contributed by atoms with E-state index in [0.29, 0.717) is 26.3 Å². The molecule has 2 amide bonds. The molecular formula is C21H26FN3O3. The minimum absolute atomic E-state index is 0.0476. The molecule has 7 heteroatoms. The Balaban J connectivity index is 1.58. The van der Waals surface area contributed by atoms with E-state index >= 15 is 0 Å². The van der Waals surface area contributed by atoms with Gasteiger partial charge in [-0.3, -0.25) is 4.90 Å². The van der Waals surface area contributed by atoms with Crippen molar-refractivity contribution in [2.75, 3.05) is 40.0 Å². The zero-order chi connectivity index (χ0) is 19.8. The number of carbonyl (C=O) groups excluding carboxylic acids is 1. The summed E-state index contributed by atoms with van der Waals surface area (Å²) in [5.74, 6) is 0.510. The molecule has 6 nitrogen and oxygen atoms in total. The zero-order valence-electron chi connectivity index (χ0n) is 16.0. The molecule has 28 heavy (non-hydrogen) atoms. The average molecular weight is 387 g/mol. The fourth-order valence-corrected chi connectivity index (χ4v) is 3.21. The highest BCUT2D eigenvalue weighted by Crippen LogP contribution is 2.23. The number of methoxy groups -OCH3 is 1. The van der Waals surface area contributed by atoms with Gasteiger partial charge in [0.05, 0.1) is 26.4 Å². The maximum Gasteiger partial charge on any atom is 0.315 e. The van der Waals surface area contributed by atoms with Gasteiger partial charge in [-0.15, -0.1) is 0 Å². The number of nitrogens with one attached hydrogen (secondary N) is 2. The van der Waals surface area contributed by atoms with E-state index in [1.165, 1.54) is 12.1 Å². The second-order valence-electron chi connectivity index (χ2n) is 6.63. The van der Waals surface area contributed by atoms with Crippen LogP contribution in [0.2, 0.25) is 0 Å². The first-order valence-corrected chi connectivity index (χ1v) is 9.37. The van der Waals surface area contributed by atoms with Crippen LogP contribution in [0.3, 0.4) is 0 Å². The molecule has 1 heterocycles. The maximum absolute atomic E-state index is 13.0. The van der Waals surface area contributed by atoms with Gasteiger partial charge < -0.3 is 20.1 Å². The highest BCUT2D eigenvalue weighted by Gasteiger charge is 2.23. The smallest absolute Gasteiger partial charge is 0.315 e. The van der Waals surface area contributed by atoms with Crippen LogP contribution in [0.15, 0.2) is 48.5 Å². The maximum atomic E-state index is 13.0. The van der Waals surface area contributed by atoms with Crippen molar-refractivity contribution in [3.05, 3.63) is 65.5 Å². The first kappa shape index (κ1) is 20.1. The van der Waals surface area contributed by atoms with Crippen LogP contribution < -0.4 is 15.4 Å². The highest BCUT2D eigenvalue weighted by molar-refractivity contribution is 5.73. The van der Waals surface area contributed by atoms with Crippen LogP contribution in [0.4, 0.5) is 9.18 Å². The molecule has 1 unspecified atom stereocenters. The van der Waals surface area contributed by atoms with Crippen molar-refractivity contribution in [3.8, 4) is 5.75 Å². The van der Waals surface area contributed by atoms with Crippen molar-refractivity contribution in [1.29, 1.82) is 0 Å². The number of nitrogens with zero attached hydrogens (tertiary/aromatic N) is 1. The fourth-order valence-electron chi connectivity index (χ4n) is 3.21. The summed E-state index contributed by atoms with van der Waals surface area (Å²) in [5, 5.41) is 5.76. The molecule has 0 bridgehead atoms. The number of hydrogen-bond acceptors (Lipinski definition) is 4. The SMILES string of the molecule is COc1ccc(C(CNC(=O)NCc2ccc(F)cc2)N2CCOCC2)cc1. The third-order valence-electron chi connectivity index (χ3n) is 4.81. The number of hydrogen-bond donors (Lipinski definition) is 2. The Morgan fingerprint density at radius 1 is 1.11 bits per heavy atom. The van der Waals surface area contributed by atoms with Crippen LogP contribution in [0.5, 0.6) is 5.75 Å². The van der Waals surface area contributed by atoms with Crippen molar-refractivity contribution in [2.24, 2.45) is 0 Å². The van der Waals surface area contributed by atoms with Gasteiger partial charge in [0, 0.05) is 26.2 Å². The lowest BCUT2D eigenvalue weighted by atomic mass is 10.0. The van der Waals surface area contributed by atoms with Crippen LogP contribution in [-0.4, -0.2) is 50.9 Å². The van der Waals surface area contributed by atoms with Crippen molar-refractivity contribution in [3.63, 3.8) is 0 Å². The van der Waals surface area contributed by atoms with Gasteiger partial charge in [0.2, 0.25) is 0 Å². The number of urea groups is 1. The summed E-state index contributed by atoms with van der Waals surface area (Å²) < 4.78 is 23.7. The number of benzene rings is 2. The summed E-state index contributed by atoms with van der Waals surface area (Å²) in [5.41, 5.74) is 1.96. The Hall–Kier alpha value is -2.64. The monoisotopic (exact) mass is 387 g/mol. The Kier molecular flexibility index (Phi) is 7.22. The second-order valence-corrected chi connectivity index (χ2v) is 6.63. The molecule has 1 atom stereocenters. The molecule has 1 fully saturated rings. The van der Waals surface area contributed by atoms with Gasteiger partial charge in [-0.05, 0) is 35.4 Å². The van der Waals surface area contributed by atoms with Crippen molar-refractivity contribution < 1.29 is 18.7 Å². The summed E-state index contributed by atoms with van der Waals surface area (Å²) in [6.45, 7) is 3.82. The molecule has 0 saturated carbocycles. The molecule has 0 spiro atoms. The molecule has 1 saturated heterocycles. The first-order chi connectivity index (χ1) is 13.7. The van der Waals surface area contributed by atoms with Gasteiger partial charge in [-0.25, -0.2) is 9.18 Å². The van der Waals surface area contributed by atoms with Gasteiger partial charge in [0.15, 0.2) is 0 Å². The third kappa shape index (κ3) is 5.68. The Labute approximate surface area is 164 Å². The van der Waals surface area contributed by atoms with Crippen LogP contribution in [0, 0.1) is 5.82 Å². The predicted octanol–water partition coefficient (Wildman–Crippen LogP) is 2.71. The number of carbonyl (C=O) groups is 1. The van der Waals surface area contributed by atoms with Crippen molar-refractivity contribution >= 4 is 6.03 Å². The summed E-state index contributed by atoms with van der Waals surface area (Å²) in [7, 11) is 1.64. The molecule has 2 aromatic carbocycles. The fraction of sp³-hybridized carbons (Fsp3) is 0.381. The lowest BCUT2D eigenvalue weighted by Gasteiger charge is -2.35. The number of ether oxygens (including phenoxy) is 2. The number of rotatable bonds is 7. The van der Waals surface area contributed by atoms with Crippen LogP contribution in [-0.2, 0) is 11.3 Å². The van der Waals surface area contributed by atoms with E-state index in [2.05, 4.69) is 15.5 Å². The van der Waals surface area contributed by atoms with E-state index < -0.39 is 0 Å². The molecular weight excluding hydrogens is 361 g/mol. The average Bonchev–Trinajstić information content (AvgIpc) is 2.74. The molecule has 0 aliphatic carbocycles. The van der Waals surface area contributed by atoms with Gasteiger partial charge in [-0.2, -0.15) is 0 Å². The van der Waals surface area contributed by atoms with Crippen LogP contribution >= 0.6 is 0 Å². The third-order valence-corrected chi connectivity index (χ3v) is 4.81. The van der Waals surface area contributed by atoms with E-state index in [4.69, 9.17) is 9.47 Å². The number of morpholine rings is 1. The molecule has 1 aliphatic heterocycles. The van der Waals surface area contributed by atoms with Gasteiger partial charge in [-0.1, -0.05) is 24.3 Å². The highest BCUT2D eigenvalue weighted by atomic mass is 19.1. The van der Waals surface area contributed by atoms with Crippen molar-refractivity contribution in [1.82, 2.24) is 15.5 Å². The summed E-state index contributed by atoms with van der Waals surface area (Å²) in [4.78, 5) is 14.6. The van der Waals surface area contributed by atoms with E-state index in [9.17, 15) is 9.18 Å². The van der Waals surface area contributed by atoms with Crippen LogP contribution in [0.1, 0.15) is 17.2 Å². The van der Waals surface area contributed by atoms with Crippen molar-refractivity contribution in [2.45, 2.75) is 12.6 Å². The van der Waals surface area contributed by atoms with E-state index in [1.54, 1.807) is 19.2 Å². The van der Waals surface area contributed by atoms with Gasteiger partial charge in [0.1, 0.15) is 11.6 Å². The van der Waals surface area contributed by atoms with E-state index in [1.807, 2.05) is 24.3 Å². The summed E-state index contributed by atoms with van der Waals surface area (Å²) in [6.07, 6.45) is 0. The standard InChI is InChI=1S/C21H26FN3O3/c1-27-19-8-4-17(5-9-19)20(25-10-12-28-13-11-25)15-24-21(26)23-14-16-2-6-18(22)7-3-16/h2-9,20H,10-15H2,1H3,(H2,23,24,26). The Morgan fingerprint density at radius 3 is 2.43 bits per heavy atom. The molecule has 0 aromatic heterocycles. The number of amides is 2. The topological polar surface area (TPSA) is 62.8 Å². The first-order valence-electron chi connectivity index (χ1n) is 9.37. The van der Waals surface area contributed by atoms with E-state index in [0.717, 1.165) is 30.0 Å².